The molecule has 3 aromatic carbocycles. The van der Waals surface area contributed by atoms with Gasteiger partial charge in [0.05, 0.1) is 23.8 Å². The molecule has 3 aromatic rings. The van der Waals surface area contributed by atoms with Gasteiger partial charge >= 0.3 is 0 Å². The van der Waals surface area contributed by atoms with E-state index in [1.165, 1.54) is 25.3 Å². The number of amides is 1. The van der Waals surface area contributed by atoms with Crippen LogP contribution in [0.3, 0.4) is 0 Å². The minimum Gasteiger partial charge on any atom is -0.495 e. The molecule has 0 aromatic heterocycles. The van der Waals surface area contributed by atoms with Crippen molar-refractivity contribution in [2.75, 3.05) is 11.8 Å². The van der Waals surface area contributed by atoms with Gasteiger partial charge in [-0.15, -0.1) is 0 Å². The highest BCUT2D eigenvalue weighted by Gasteiger charge is 2.16. The Balaban J connectivity index is 1.56. The second-order valence-corrected chi connectivity index (χ2v) is 9.42. The predicted molar refractivity (Wildman–Crippen MR) is 133 cm³/mol. The van der Waals surface area contributed by atoms with Gasteiger partial charge in [-0.25, -0.2) is 8.42 Å². The number of sulfonamides is 1. The third kappa shape index (κ3) is 7.11. The fourth-order valence-electron chi connectivity index (χ4n) is 3.07. The van der Waals surface area contributed by atoms with Gasteiger partial charge in [-0.1, -0.05) is 36.4 Å². The number of anilines is 1. The number of para-hydroxylation sites is 2. The summed E-state index contributed by atoms with van der Waals surface area (Å²) in [6, 6.07) is 20.6. The molecule has 34 heavy (non-hydrogen) atoms. The van der Waals surface area contributed by atoms with E-state index in [4.69, 9.17) is 9.47 Å². The molecule has 0 unspecified atom stereocenters. The molecule has 0 heterocycles. The van der Waals surface area contributed by atoms with Crippen LogP contribution in [0.5, 0.6) is 11.5 Å². The fraction of sp³-hybridized carbons (Fsp3) is 0.192. The van der Waals surface area contributed by atoms with Gasteiger partial charge in [0, 0.05) is 12.6 Å². The molecule has 0 atom stereocenters. The minimum atomic E-state index is -3.79. The molecule has 8 heteroatoms. The normalized spacial score (nSPS) is 11.4. The lowest BCUT2D eigenvalue weighted by Crippen LogP contribution is -2.20. The maximum absolute atomic E-state index is 12.7. The number of ether oxygens (including phenoxy) is 2. The van der Waals surface area contributed by atoms with Crippen molar-refractivity contribution in [2.45, 2.75) is 31.4 Å². The molecule has 0 fully saturated rings. The predicted octanol–water partition coefficient (Wildman–Crippen LogP) is 4.61. The molecular weight excluding hydrogens is 452 g/mol. The van der Waals surface area contributed by atoms with E-state index in [1.807, 2.05) is 38.1 Å². The van der Waals surface area contributed by atoms with Crippen molar-refractivity contribution in [1.82, 2.24) is 5.32 Å². The first-order chi connectivity index (χ1) is 16.3. The Morgan fingerprint density at radius 2 is 1.65 bits per heavy atom. The van der Waals surface area contributed by atoms with Gasteiger partial charge in [-0.05, 0) is 67.4 Å². The van der Waals surface area contributed by atoms with Crippen LogP contribution in [0.2, 0.25) is 0 Å². The summed E-state index contributed by atoms with van der Waals surface area (Å²) >= 11 is 0. The lowest BCUT2D eigenvalue weighted by molar-refractivity contribution is -0.116. The summed E-state index contributed by atoms with van der Waals surface area (Å²) in [5, 5.41) is 2.82. The van der Waals surface area contributed by atoms with Crippen molar-refractivity contribution in [1.29, 1.82) is 0 Å². The molecule has 1 amide bonds. The summed E-state index contributed by atoms with van der Waals surface area (Å²) in [5.74, 6) is 0.960. The van der Waals surface area contributed by atoms with Crippen molar-refractivity contribution < 1.29 is 22.7 Å². The van der Waals surface area contributed by atoms with Crippen LogP contribution >= 0.6 is 0 Å². The molecule has 2 N–H and O–H groups in total. The summed E-state index contributed by atoms with van der Waals surface area (Å²) in [7, 11) is -2.31. The molecule has 0 radical (unpaired) electrons. The molecular formula is C26H28N2O5S. The SMILES string of the molecule is COc1ccccc1NS(=O)(=O)c1ccc(/C=C/C(=O)NCc2ccc(OC(C)C)cc2)cc1. The summed E-state index contributed by atoms with van der Waals surface area (Å²) in [6.45, 7) is 4.31. The number of benzene rings is 3. The molecule has 7 nitrogen and oxygen atoms in total. The molecule has 0 bridgehead atoms. The average Bonchev–Trinajstić information content (AvgIpc) is 2.82. The highest BCUT2D eigenvalue weighted by atomic mass is 32.2. The summed E-state index contributed by atoms with van der Waals surface area (Å²) < 4.78 is 38.7. The molecule has 0 saturated carbocycles. The second kappa shape index (κ2) is 11.4. The van der Waals surface area contributed by atoms with E-state index in [1.54, 1.807) is 42.5 Å². The van der Waals surface area contributed by atoms with E-state index in [2.05, 4.69) is 10.0 Å². The van der Waals surface area contributed by atoms with Crippen LogP contribution in [0.25, 0.3) is 6.08 Å². The van der Waals surface area contributed by atoms with Gasteiger partial charge < -0.3 is 14.8 Å². The monoisotopic (exact) mass is 480 g/mol. The van der Waals surface area contributed by atoms with E-state index in [9.17, 15) is 13.2 Å². The number of carbonyl (C=O) groups excluding carboxylic acids is 1. The average molecular weight is 481 g/mol. The smallest absolute Gasteiger partial charge is 0.262 e. The largest absolute Gasteiger partial charge is 0.495 e. The molecule has 0 spiro atoms. The Labute approximate surface area is 200 Å². The van der Waals surface area contributed by atoms with Gasteiger partial charge in [-0.2, -0.15) is 0 Å². The van der Waals surface area contributed by atoms with Crippen LogP contribution in [0.4, 0.5) is 5.69 Å². The maximum atomic E-state index is 12.7. The molecule has 178 valence electrons. The van der Waals surface area contributed by atoms with E-state index in [0.29, 0.717) is 23.5 Å². The Bertz CT molecular complexity index is 1230. The van der Waals surface area contributed by atoms with Crippen LogP contribution in [-0.4, -0.2) is 27.5 Å². The third-order valence-corrected chi connectivity index (χ3v) is 6.11. The standard InChI is InChI=1S/C26H28N2O5S/c1-19(2)33-22-13-8-21(9-14-22)18-27-26(29)17-12-20-10-15-23(16-11-20)34(30,31)28-24-6-4-5-7-25(24)32-3/h4-17,19,28H,18H2,1-3H3,(H,27,29)/b17-12+. The number of carbonyl (C=O) groups is 1. The van der Waals surface area contributed by atoms with Gasteiger partial charge in [-0.3, -0.25) is 9.52 Å². The zero-order valence-electron chi connectivity index (χ0n) is 19.3. The zero-order chi connectivity index (χ0) is 24.6. The molecule has 0 aliphatic heterocycles. The summed E-state index contributed by atoms with van der Waals surface area (Å²) in [4.78, 5) is 12.3. The van der Waals surface area contributed by atoms with Gasteiger partial charge in [0.1, 0.15) is 11.5 Å². The van der Waals surface area contributed by atoms with Crippen molar-refractivity contribution in [3.8, 4) is 11.5 Å². The lowest BCUT2D eigenvalue weighted by Gasteiger charge is -2.11. The highest BCUT2D eigenvalue weighted by molar-refractivity contribution is 7.92. The Morgan fingerprint density at radius 3 is 2.29 bits per heavy atom. The van der Waals surface area contributed by atoms with E-state index in [0.717, 1.165) is 11.3 Å². The van der Waals surface area contributed by atoms with Gasteiger partial charge in [0.15, 0.2) is 0 Å². The number of methoxy groups -OCH3 is 1. The van der Waals surface area contributed by atoms with Crippen molar-refractivity contribution in [3.63, 3.8) is 0 Å². The first-order valence-electron chi connectivity index (χ1n) is 10.7. The summed E-state index contributed by atoms with van der Waals surface area (Å²) in [5.41, 5.74) is 2.00. The fourth-order valence-corrected chi connectivity index (χ4v) is 4.14. The van der Waals surface area contributed by atoms with Crippen molar-refractivity contribution in [2.24, 2.45) is 0 Å². The van der Waals surface area contributed by atoms with E-state index < -0.39 is 10.0 Å². The zero-order valence-corrected chi connectivity index (χ0v) is 20.1. The molecule has 3 rings (SSSR count). The number of nitrogens with one attached hydrogen (secondary N) is 2. The van der Waals surface area contributed by atoms with E-state index >= 15 is 0 Å². The number of hydrogen-bond donors (Lipinski definition) is 2. The van der Waals surface area contributed by atoms with Gasteiger partial charge in [0.25, 0.3) is 10.0 Å². The van der Waals surface area contributed by atoms with E-state index in [-0.39, 0.29) is 16.9 Å². The van der Waals surface area contributed by atoms with Crippen molar-refractivity contribution in [3.05, 3.63) is 90.0 Å². The minimum absolute atomic E-state index is 0.102. The van der Waals surface area contributed by atoms with Crippen molar-refractivity contribution >= 4 is 27.7 Å². The first-order valence-corrected chi connectivity index (χ1v) is 12.2. The topological polar surface area (TPSA) is 93.7 Å². The molecule has 0 aliphatic carbocycles. The Hall–Kier alpha value is -3.78. The molecule has 0 aliphatic rings. The third-order valence-electron chi connectivity index (χ3n) is 4.73. The van der Waals surface area contributed by atoms with Crippen LogP contribution in [0.1, 0.15) is 25.0 Å². The second-order valence-electron chi connectivity index (χ2n) is 7.74. The van der Waals surface area contributed by atoms with Crippen LogP contribution in [0, 0.1) is 0 Å². The first kappa shape index (κ1) is 24.9. The number of hydrogen-bond acceptors (Lipinski definition) is 5. The van der Waals surface area contributed by atoms with Gasteiger partial charge in [0.2, 0.25) is 5.91 Å². The molecule has 0 saturated heterocycles. The maximum Gasteiger partial charge on any atom is 0.262 e. The van der Waals surface area contributed by atoms with Crippen LogP contribution in [0.15, 0.2) is 83.8 Å². The van der Waals surface area contributed by atoms with Crippen LogP contribution in [-0.2, 0) is 21.4 Å². The Kier molecular flexibility index (Phi) is 8.32. The lowest BCUT2D eigenvalue weighted by atomic mass is 10.2. The van der Waals surface area contributed by atoms with Crippen LogP contribution < -0.4 is 19.5 Å². The summed E-state index contributed by atoms with van der Waals surface area (Å²) in [6.07, 6.45) is 3.14. The quantitative estimate of drug-likeness (QED) is 0.413. The Morgan fingerprint density at radius 1 is 0.971 bits per heavy atom. The number of rotatable bonds is 10. The highest BCUT2D eigenvalue weighted by Crippen LogP contribution is 2.26.